The molecule has 108 valence electrons. The van der Waals surface area contributed by atoms with Gasteiger partial charge in [-0.25, -0.2) is 0 Å². The number of nitrogens with zero attached hydrogens (tertiary/aromatic N) is 2. The van der Waals surface area contributed by atoms with Crippen LogP contribution in [0.15, 0.2) is 6.20 Å². The highest BCUT2D eigenvalue weighted by Crippen LogP contribution is 2.39. The van der Waals surface area contributed by atoms with E-state index in [2.05, 4.69) is 25.9 Å². The van der Waals surface area contributed by atoms with Crippen LogP contribution in [0.5, 0.6) is 5.75 Å². The Morgan fingerprint density at radius 2 is 2.21 bits per heavy atom. The molecule has 0 aliphatic carbocycles. The molecule has 5 nitrogen and oxygen atoms in total. The molecule has 0 amide bonds. The van der Waals surface area contributed by atoms with Gasteiger partial charge >= 0.3 is 0 Å². The summed E-state index contributed by atoms with van der Waals surface area (Å²) < 4.78 is 13.3. The van der Waals surface area contributed by atoms with Crippen LogP contribution in [-0.4, -0.2) is 29.1 Å². The lowest BCUT2D eigenvalue weighted by atomic mass is 9.86. The van der Waals surface area contributed by atoms with Gasteiger partial charge in [0.1, 0.15) is 5.69 Å². The van der Waals surface area contributed by atoms with E-state index in [0.29, 0.717) is 0 Å². The van der Waals surface area contributed by atoms with Gasteiger partial charge < -0.3 is 15.2 Å². The lowest BCUT2D eigenvalue weighted by Gasteiger charge is -2.39. The average molecular weight is 267 g/mol. The van der Waals surface area contributed by atoms with Gasteiger partial charge in [0, 0.05) is 12.6 Å². The summed E-state index contributed by atoms with van der Waals surface area (Å²) in [6.45, 7) is 7.05. The average Bonchev–Trinajstić information content (AvgIpc) is 2.82. The molecule has 0 radical (unpaired) electrons. The highest BCUT2D eigenvalue weighted by atomic mass is 16.5. The summed E-state index contributed by atoms with van der Waals surface area (Å²) in [5.74, 6) is 0.747. The molecule has 5 heteroatoms. The molecule has 1 aliphatic heterocycles. The summed E-state index contributed by atoms with van der Waals surface area (Å²) in [7, 11) is 1.65. The number of nitrogens with two attached hydrogens (primary N) is 1. The molecule has 1 aromatic rings. The first-order valence-corrected chi connectivity index (χ1v) is 7.00. The topological polar surface area (TPSA) is 62.3 Å². The normalized spacial score (nSPS) is 25.6. The fraction of sp³-hybridized carbons (Fsp3) is 0.786. The molecule has 0 saturated carbocycles. The Kier molecular flexibility index (Phi) is 4.16. The van der Waals surface area contributed by atoms with Crippen LogP contribution in [-0.2, 0) is 4.74 Å². The minimum atomic E-state index is -0.335. The van der Waals surface area contributed by atoms with Crippen LogP contribution < -0.4 is 10.5 Å². The van der Waals surface area contributed by atoms with E-state index in [1.165, 1.54) is 0 Å². The summed E-state index contributed by atoms with van der Waals surface area (Å²) in [4.78, 5) is 0. The van der Waals surface area contributed by atoms with Crippen LogP contribution in [0.3, 0.4) is 0 Å². The maximum atomic E-state index is 6.50. The third-order valence-electron chi connectivity index (χ3n) is 3.96. The summed E-state index contributed by atoms with van der Waals surface area (Å²) in [6.07, 6.45) is 4.98. The molecule has 1 aliphatic rings. The second-order valence-electron chi connectivity index (χ2n) is 5.73. The smallest absolute Gasteiger partial charge is 0.161 e. The zero-order chi connectivity index (χ0) is 14.0. The molecule has 2 atom stereocenters. The molecule has 2 unspecified atom stereocenters. The highest BCUT2D eigenvalue weighted by molar-refractivity contribution is 5.30. The largest absolute Gasteiger partial charge is 0.493 e. The van der Waals surface area contributed by atoms with E-state index in [1.54, 1.807) is 13.3 Å². The van der Waals surface area contributed by atoms with Crippen molar-refractivity contribution in [1.82, 2.24) is 9.78 Å². The quantitative estimate of drug-likeness (QED) is 0.910. The second kappa shape index (κ2) is 5.51. The Balaban J connectivity index is 2.36. The fourth-order valence-corrected chi connectivity index (χ4v) is 2.71. The molecule has 0 bridgehead atoms. The molecule has 0 aromatic carbocycles. The molecule has 2 rings (SSSR count). The Labute approximate surface area is 115 Å². The molecule has 1 aromatic heterocycles. The summed E-state index contributed by atoms with van der Waals surface area (Å²) in [5.41, 5.74) is 7.09. The minimum Gasteiger partial charge on any atom is -0.493 e. The van der Waals surface area contributed by atoms with Crippen molar-refractivity contribution in [2.45, 2.75) is 57.7 Å². The van der Waals surface area contributed by atoms with Gasteiger partial charge in [0.05, 0.1) is 24.9 Å². The molecule has 1 fully saturated rings. The zero-order valence-corrected chi connectivity index (χ0v) is 12.3. The van der Waals surface area contributed by atoms with Gasteiger partial charge in [-0.3, -0.25) is 4.68 Å². The maximum Gasteiger partial charge on any atom is 0.161 e. The van der Waals surface area contributed by atoms with E-state index in [1.807, 2.05) is 4.68 Å². The number of hydrogen-bond acceptors (Lipinski definition) is 4. The third kappa shape index (κ3) is 2.62. The number of hydrogen-bond donors (Lipinski definition) is 1. The zero-order valence-electron chi connectivity index (χ0n) is 12.3. The van der Waals surface area contributed by atoms with E-state index in [-0.39, 0.29) is 17.7 Å². The number of methoxy groups -OCH3 is 1. The first-order valence-electron chi connectivity index (χ1n) is 7.00. The van der Waals surface area contributed by atoms with Crippen molar-refractivity contribution in [3.63, 3.8) is 0 Å². The molecule has 0 spiro atoms. The molecule has 19 heavy (non-hydrogen) atoms. The number of rotatable bonds is 4. The standard InChI is InChI=1S/C14H25N3O2/c1-10(2)17-12(11(18-4)9-16-17)13(15)14(3)7-5-6-8-19-14/h9-10,13H,5-8,15H2,1-4H3. The van der Waals surface area contributed by atoms with Crippen molar-refractivity contribution in [3.8, 4) is 5.75 Å². The lowest BCUT2D eigenvalue weighted by molar-refractivity contribution is -0.0839. The van der Waals surface area contributed by atoms with E-state index in [0.717, 1.165) is 37.3 Å². The van der Waals surface area contributed by atoms with Crippen molar-refractivity contribution in [1.29, 1.82) is 0 Å². The van der Waals surface area contributed by atoms with Gasteiger partial charge in [0.2, 0.25) is 0 Å². The van der Waals surface area contributed by atoms with E-state index in [4.69, 9.17) is 15.2 Å². The van der Waals surface area contributed by atoms with Gasteiger partial charge in [0.25, 0.3) is 0 Å². The van der Waals surface area contributed by atoms with Gasteiger partial charge in [0.15, 0.2) is 5.75 Å². The highest BCUT2D eigenvalue weighted by Gasteiger charge is 2.39. The second-order valence-corrected chi connectivity index (χ2v) is 5.73. The molecular weight excluding hydrogens is 242 g/mol. The van der Waals surface area contributed by atoms with Gasteiger partial charge in [-0.15, -0.1) is 0 Å². The van der Waals surface area contributed by atoms with Crippen molar-refractivity contribution in [2.24, 2.45) is 5.73 Å². The predicted molar refractivity (Wildman–Crippen MR) is 74.3 cm³/mol. The molecular formula is C14H25N3O2. The van der Waals surface area contributed by atoms with Crippen LogP contribution in [0, 0.1) is 0 Å². The first kappa shape index (κ1) is 14.3. The van der Waals surface area contributed by atoms with Gasteiger partial charge in [-0.2, -0.15) is 5.10 Å². The third-order valence-corrected chi connectivity index (χ3v) is 3.96. The maximum absolute atomic E-state index is 6.50. The van der Waals surface area contributed by atoms with E-state index < -0.39 is 0 Å². The Morgan fingerprint density at radius 1 is 1.47 bits per heavy atom. The van der Waals surface area contributed by atoms with Crippen LogP contribution in [0.4, 0.5) is 0 Å². The fourth-order valence-electron chi connectivity index (χ4n) is 2.71. The van der Waals surface area contributed by atoms with Crippen molar-refractivity contribution < 1.29 is 9.47 Å². The van der Waals surface area contributed by atoms with Crippen molar-refractivity contribution in [3.05, 3.63) is 11.9 Å². The van der Waals surface area contributed by atoms with Crippen molar-refractivity contribution >= 4 is 0 Å². The Bertz CT molecular complexity index is 422. The Morgan fingerprint density at radius 3 is 2.74 bits per heavy atom. The van der Waals surface area contributed by atoms with Crippen molar-refractivity contribution in [2.75, 3.05) is 13.7 Å². The molecule has 2 heterocycles. The monoisotopic (exact) mass is 267 g/mol. The summed E-state index contributed by atoms with van der Waals surface area (Å²) in [6, 6.07) is 0.0183. The van der Waals surface area contributed by atoms with Crippen LogP contribution in [0.25, 0.3) is 0 Å². The lowest BCUT2D eigenvalue weighted by Crippen LogP contribution is -2.44. The van der Waals surface area contributed by atoms with Gasteiger partial charge in [-0.1, -0.05) is 0 Å². The summed E-state index contributed by atoms with van der Waals surface area (Å²) >= 11 is 0. The van der Waals surface area contributed by atoms with Crippen LogP contribution in [0.1, 0.15) is 57.8 Å². The molecule has 2 N–H and O–H groups in total. The van der Waals surface area contributed by atoms with Crippen LogP contribution in [0.2, 0.25) is 0 Å². The summed E-state index contributed by atoms with van der Waals surface area (Å²) in [5, 5.41) is 4.39. The first-order chi connectivity index (χ1) is 8.99. The molecule has 1 saturated heterocycles. The Hall–Kier alpha value is -1.07. The predicted octanol–water partition coefficient (Wildman–Crippen LogP) is 2.43. The van der Waals surface area contributed by atoms with Gasteiger partial charge in [-0.05, 0) is 40.0 Å². The number of aromatic nitrogens is 2. The SMILES string of the molecule is COc1cnn(C(C)C)c1C(N)C1(C)CCCCO1. The van der Waals surface area contributed by atoms with E-state index in [9.17, 15) is 0 Å². The van der Waals surface area contributed by atoms with E-state index >= 15 is 0 Å². The number of ether oxygens (including phenoxy) is 2. The van der Waals surface area contributed by atoms with Crippen LogP contribution >= 0.6 is 0 Å². The minimum absolute atomic E-state index is 0.229.